The van der Waals surface area contributed by atoms with Crippen LogP contribution in [0.2, 0.25) is 0 Å². The van der Waals surface area contributed by atoms with Gasteiger partial charge in [0.05, 0.1) is 5.92 Å². The SMILES string of the molecule is CC(C(=O)O)C(C)C1CC1. The normalized spacial score (nSPS) is 23.8. The fraction of sp³-hybridized carbons (Fsp3) is 0.875. The van der Waals surface area contributed by atoms with E-state index in [0.717, 1.165) is 0 Å². The lowest BCUT2D eigenvalue weighted by Gasteiger charge is -2.13. The summed E-state index contributed by atoms with van der Waals surface area (Å²) < 4.78 is 0. The smallest absolute Gasteiger partial charge is 0.306 e. The zero-order valence-electron chi connectivity index (χ0n) is 6.50. The number of carbonyl (C=O) groups is 1. The zero-order chi connectivity index (χ0) is 7.72. The van der Waals surface area contributed by atoms with E-state index in [4.69, 9.17) is 5.11 Å². The van der Waals surface area contributed by atoms with E-state index in [-0.39, 0.29) is 5.92 Å². The van der Waals surface area contributed by atoms with Crippen molar-refractivity contribution in [2.45, 2.75) is 26.7 Å². The molecule has 0 aromatic rings. The molecule has 0 saturated heterocycles. The van der Waals surface area contributed by atoms with Gasteiger partial charge in [-0.3, -0.25) is 4.79 Å². The summed E-state index contributed by atoms with van der Waals surface area (Å²) in [5, 5.41) is 8.63. The predicted molar refractivity (Wildman–Crippen MR) is 38.7 cm³/mol. The molecule has 0 aliphatic heterocycles. The van der Waals surface area contributed by atoms with Crippen molar-refractivity contribution < 1.29 is 9.90 Å². The Labute approximate surface area is 61.2 Å². The van der Waals surface area contributed by atoms with Gasteiger partial charge < -0.3 is 5.11 Å². The first kappa shape index (κ1) is 7.58. The van der Waals surface area contributed by atoms with Gasteiger partial charge >= 0.3 is 5.97 Å². The molecule has 1 fully saturated rings. The van der Waals surface area contributed by atoms with Crippen LogP contribution in [-0.2, 0) is 4.79 Å². The van der Waals surface area contributed by atoms with E-state index in [0.29, 0.717) is 11.8 Å². The first-order valence-corrected chi connectivity index (χ1v) is 3.85. The second kappa shape index (κ2) is 2.60. The largest absolute Gasteiger partial charge is 0.481 e. The van der Waals surface area contributed by atoms with E-state index in [9.17, 15) is 4.79 Å². The second-order valence-electron chi connectivity index (χ2n) is 3.32. The van der Waals surface area contributed by atoms with Crippen LogP contribution in [0.5, 0.6) is 0 Å². The summed E-state index contributed by atoms with van der Waals surface area (Å²) in [6.45, 7) is 3.84. The number of hydrogen-bond donors (Lipinski definition) is 1. The van der Waals surface area contributed by atoms with Crippen LogP contribution in [0.25, 0.3) is 0 Å². The van der Waals surface area contributed by atoms with Crippen LogP contribution in [0.4, 0.5) is 0 Å². The second-order valence-corrected chi connectivity index (χ2v) is 3.32. The van der Waals surface area contributed by atoms with Gasteiger partial charge in [0.2, 0.25) is 0 Å². The highest BCUT2D eigenvalue weighted by atomic mass is 16.4. The van der Waals surface area contributed by atoms with Crippen molar-refractivity contribution in [1.82, 2.24) is 0 Å². The Hall–Kier alpha value is -0.530. The fourth-order valence-electron chi connectivity index (χ4n) is 1.26. The van der Waals surface area contributed by atoms with Gasteiger partial charge in [-0.1, -0.05) is 13.8 Å². The fourth-order valence-corrected chi connectivity index (χ4v) is 1.26. The summed E-state index contributed by atoms with van der Waals surface area (Å²) >= 11 is 0. The Morgan fingerprint density at radius 1 is 1.50 bits per heavy atom. The molecule has 0 spiro atoms. The van der Waals surface area contributed by atoms with Crippen LogP contribution in [0.15, 0.2) is 0 Å². The van der Waals surface area contributed by atoms with E-state index in [1.165, 1.54) is 12.8 Å². The monoisotopic (exact) mass is 142 g/mol. The molecule has 10 heavy (non-hydrogen) atoms. The Morgan fingerprint density at radius 2 is 2.00 bits per heavy atom. The molecular weight excluding hydrogens is 128 g/mol. The maximum atomic E-state index is 10.5. The van der Waals surface area contributed by atoms with E-state index < -0.39 is 5.97 Å². The lowest BCUT2D eigenvalue weighted by molar-refractivity contribution is -0.143. The molecule has 0 radical (unpaired) electrons. The zero-order valence-corrected chi connectivity index (χ0v) is 6.50. The third kappa shape index (κ3) is 1.49. The molecule has 1 aliphatic rings. The number of carboxylic acid groups (broad SMARTS) is 1. The van der Waals surface area contributed by atoms with Gasteiger partial charge in [0, 0.05) is 0 Å². The lowest BCUT2D eigenvalue weighted by atomic mass is 9.92. The molecule has 2 atom stereocenters. The summed E-state index contributed by atoms with van der Waals surface area (Å²) in [5.74, 6) is 0.260. The Kier molecular flexibility index (Phi) is 1.97. The molecule has 2 unspecified atom stereocenters. The van der Waals surface area contributed by atoms with Crippen molar-refractivity contribution in [3.8, 4) is 0 Å². The van der Waals surface area contributed by atoms with Crippen molar-refractivity contribution in [3.63, 3.8) is 0 Å². The minimum absolute atomic E-state index is 0.160. The molecule has 0 aromatic heterocycles. The summed E-state index contributed by atoms with van der Waals surface area (Å²) in [6.07, 6.45) is 2.47. The quantitative estimate of drug-likeness (QED) is 0.651. The highest BCUT2D eigenvalue weighted by Gasteiger charge is 2.33. The standard InChI is InChI=1S/C8H14O2/c1-5(7-3-4-7)6(2)8(9)10/h5-7H,3-4H2,1-2H3,(H,9,10). The minimum Gasteiger partial charge on any atom is -0.481 e. The van der Waals surface area contributed by atoms with Crippen molar-refractivity contribution in [3.05, 3.63) is 0 Å². The average molecular weight is 142 g/mol. The molecule has 1 N–H and O–H groups in total. The van der Waals surface area contributed by atoms with Crippen molar-refractivity contribution in [1.29, 1.82) is 0 Å². The maximum Gasteiger partial charge on any atom is 0.306 e. The van der Waals surface area contributed by atoms with Gasteiger partial charge in [-0.15, -0.1) is 0 Å². The van der Waals surface area contributed by atoms with E-state index in [1.807, 2.05) is 6.92 Å². The van der Waals surface area contributed by atoms with Crippen LogP contribution in [0.1, 0.15) is 26.7 Å². The van der Waals surface area contributed by atoms with Gasteiger partial charge in [-0.25, -0.2) is 0 Å². The van der Waals surface area contributed by atoms with Crippen LogP contribution in [0, 0.1) is 17.8 Å². The molecule has 2 heteroatoms. The Bertz CT molecular complexity index is 138. The topological polar surface area (TPSA) is 37.3 Å². The van der Waals surface area contributed by atoms with E-state index in [2.05, 4.69) is 0 Å². The Morgan fingerprint density at radius 3 is 2.30 bits per heavy atom. The first-order valence-electron chi connectivity index (χ1n) is 3.85. The van der Waals surface area contributed by atoms with Crippen LogP contribution in [-0.4, -0.2) is 11.1 Å². The molecule has 1 aliphatic carbocycles. The van der Waals surface area contributed by atoms with Gasteiger partial charge in [0.25, 0.3) is 0 Å². The average Bonchev–Trinajstić information content (AvgIpc) is 2.65. The summed E-state index contributed by atoms with van der Waals surface area (Å²) in [5.41, 5.74) is 0. The van der Waals surface area contributed by atoms with Crippen molar-refractivity contribution in [2.75, 3.05) is 0 Å². The number of hydrogen-bond acceptors (Lipinski definition) is 1. The number of rotatable bonds is 3. The van der Waals surface area contributed by atoms with E-state index in [1.54, 1.807) is 6.92 Å². The third-order valence-electron chi connectivity index (χ3n) is 2.54. The summed E-state index contributed by atoms with van der Waals surface area (Å²) in [7, 11) is 0. The van der Waals surface area contributed by atoms with Crippen molar-refractivity contribution >= 4 is 5.97 Å². The van der Waals surface area contributed by atoms with Gasteiger partial charge in [-0.2, -0.15) is 0 Å². The summed E-state index contributed by atoms with van der Waals surface area (Å²) in [6, 6.07) is 0. The van der Waals surface area contributed by atoms with Crippen molar-refractivity contribution in [2.24, 2.45) is 17.8 Å². The molecule has 2 nitrogen and oxygen atoms in total. The highest BCUT2D eigenvalue weighted by molar-refractivity contribution is 5.69. The van der Waals surface area contributed by atoms with Gasteiger partial charge in [0.15, 0.2) is 0 Å². The van der Waals surface area contributed by atoms with Gasteiger partial charge in [0.1, 0.15) is 0 Å². The van der Waals surface area contributed by atoms with Crippen LogP contribution in [0.3, 0.4) is 0 Å². The predicted octanol–water partition coefficient (Wildman–Crippen LogP) is 1.75. The third-order valence-corrected chi connectivity index (χ3v) is 2.54. The molecule has 58 valence electrons. The first-order chi connectivity index (χ1) is 4.63. The molecule has 0 heterocycles. The van der Waals surface area contributed by atoms with E-state index >= 15 is 0 Å². The molecule has 1 saturated carbocycles. The molecule has 1 rings (SSSR count). The molecule has 0 amide bonds. The van der Waals surface area contributed by atoms with Gasteiger partial charge in [-0.05, 0) is 24.7 Å². The molecule has 0 bridgehead atoms. The van der Waals surface area contributed by atoms with Crippen LogP contribution < -0.4 is 0 Å². The highest BCUT2D eigenvalue weighted by Crippen LogP contribution is 2.40. The van der Waals surface area contributed by atoms with Crippen LogP contribution >= 0.6 is 0 Å². The Balaban J connectivity index is 2.38. The molecule has 0 aromatic carbocycles. The maximum absolute atomic E-state index is 10.5. The molecular formula is C8H14O2. The number of carboxylic acids is 1. The summed E-state index contributed by atoms with van der Waals surface area (Å²) in [4.78, 5) is 10.5. The number of aliphatic carboxylic acids is 1. The lowest BCUT2D eigenvalue weighted by Crippen LogP contribution is -2.19. The minimum atomic E-state index is -0.653.